The lowest BCUT2D eigenvalue weighted by molar-refractivity contribution is 0.179. The zero-order chi connectivity index (χ0) is 16.0. The Morgan fingerprint density at radius 2 is 2.10 bits per heavy atom. The summed E-state index contributed by atoms with van der Waals surface area (Å²) in [6.07, 6.45) is 2.98. The minimum atomic E-state index is 0.303. The van der Waals surface area contributed by atoms with Crippen molar-refractivity contribution in [3.05, 3.63) is 16.4 Å². The third kappa shape index (κ3) is 5.38. The molecule has 1 aromatic heterocycles. The van der Waals surface area contributed by atoms with Crippen LogP contribution >= 0.6 is 15.9 Å². The number of hydrogen-bond donors (Lipinski definition) is 1. The van der Waals surface area contributed by atoms with Crippen molar-refractivity contribution in [1.82, 2.24) is 15.1 Å². The Morgan fingerprint density at radius 1 is 1.43 bits per heavy atom. The zero-order valence-corrected chi connectivity index (χ0v) is 15.8. The van der Waals surface area contributed by atoms with Crippen LogP contribution in [0.3, 0.4) is 0 Å². The van der Waals surface area contributed by atoms with Crippen LogP contribution in [0.1, 0.15) is 52.8 Å². The molecule has 2 atom stereocenters. The molecule has 2 unspecified atom stereocenters. The third-order valence-corrected chi connectivity index (χ3v) is 4.80. The van der Waals surface area contributed by atoms with Crippen molar-refractivity contribution < 1.29 is 4.74 Å². The first-order valence-electron chi connectivity index (χ1n) is 7.74. The van der Waals surface area contributed by atoms with Gasteiger partial charge in [-0.1, -0.05) is 34.6 Å². The number of rotatable bonds is 8. The molecule has 0 aliphatic rings. The summed E-state index contributed by atoms with van der Waals surface area (Å²) in [5.74, 6) is 0.610. The Morgan fingerprint density at radius 3 is 2.62 bits per heavy atom. The summed E-state index contributed by atoms with van der Waals surface area (Å²) in [4.78, 5) is 0. The van der Waals surface area contributed by atoms with Crippen molar-refractivity contribution in [2.75, 3.05) is 20.3 Å². The highest BCUT2D eigenvalue weighted by molar-refractivity contribution is 9.10. The van der Waals surface area contributed by atoms with Crippen molar-refractivity contribution in [2.45, 2.75) is 53.6 Å². The molecule has 0 saturated carbocycles. The smallest absolute Gasteiger partial charge is 0.0696 e. The summed E-state index contributed by atoms with van der Waals surface area (Å²) in [6, 6.07) is 0.304. The number of halogens is 1. The normalized spacial score (nSPS) is 15.2. The van der Waals surface area contributed by atoms with E-state index in [-0.39, 0.29) is 0 Å². The average Bonchev–Trinajstić information content (AvgIpc) is 2.75. The monoisotopic (exact) mass is 359 g/mol. The summed E-state index contributed by atoms with van der Waals surface area (Å²) in [5.41, 5.74) is 1.53. The van der Waals surface area contributed by atoms with Crippen molar-refractivity contribution in [2.24, 2.45) is 11.3 Å². The first kappa shape index (κ1) is 18.7. The van der Waals surface area contributed by atoms with Gasteiger partial charge in [0.05, 0.1) is 35.6 Å². The molecule has 0 radical (unpaired) electrons. The van der Waals surface area contributed by atoms with Crippen LogP contribution in [-0.4, -0.2) is 30.0 Å². The Kier molecular flexibility index (Phi) is 7.37. The summed E-state index contributed by atoms with van der Waals surface area (Å²) >= 11 is 3.66. The second-order valence-electron chi connectivity index (χ2n) is 6.71. The van der Waals surface area contributed by atoms with Gasteiger partial charge in [-0.25, -0.2) is 0 Å². The molecule has 0 aliphatic carbocycles. The quantitative estimate of drug-likeness (QED) is 0.761. The van der Waals surface area contributed by atoms with E-state index >= 15 is 0 Å². The van der Waals surface area contributed by atoms with Crippen molar-refractivity contribution in [3.63, 3.8) is 0 Å². The molecule has 1 N–H and O–H groups in total. The highest BCUT2D eigenvalue weighted by Gasteiger charge is 2.27. The van der Waals surface area contributed by atoms with Gasteiger partial charge in [-0.15, -0.1) is 0 Å². The minimum Gasteiger partial charge on any atom is -0.383 e. The van der Waals surface area contributed by atoms with Crippen LogP contribution in [0, 0.1) is 11.3 Å². The molecule has 4 nitrogen and oxygen atoms in total. The van der Waals surface area contributed by atoms with Crippen molar-refractivity contribution in [1.29, 1.82) is 0 Å². The van der Waals surface area contributed by atoms with E-state index in [4.69, 9.17) is 4.74 Å². The summed E-state index contributed by atoms with van der Waals surface area (Å²) in [6.45, 7) is 13.8. The molecule has 0 bridgehead atoms. The molecule has 1 aromatic rings. The van der Waals surface area contributed by atoms with E-state index in [0.717, 1.165) is 24.0 Å². The Hall–Kier alpha value is -0.390. The van der Waals surface area contributed by atoms with Crippen LogP contribution in [0.5, 0.6) is 0 Å². The maximum atomic E-state index is 5.19. The van der Waals surface area contributed by atoms with Gasteiger partial charge in [-0.3, -0.25) is 4.68 Å². The lowest BCUT2D eigenvalue weighted by Gasteiger charge is -2.31. The van der Waals surface area contributed by atoms with Crippen molar-refractivity contribution in [3.8, 4) is 0 Å². The van der Waals surface area contributed by atoms with Gasteiger partial charge in [0.1, 0.15) is 0 Å². The molecule has 0 amide bonds. The fourth-order valence-electron chi connectivity index (χ4n) is 2.32. The topological polar surface area (TPSA) is 39.1 Å². The number of aromatic nitrogens is 2. The van der Waals surface area contributed by atoms with Crippen LogP contribution in [0.25, 0.3) is 0 Å². The molecule has 0 spiro atoms. The summed E-state index contributed by atoms with van der Waals surface area (Å²) < 4.78 is 8.32. The Bertz CT molecular complexity index is 426. The molecule has 122 valence electrons. The average molecular weight is 360 g/mol. The lowest BCUT2D eigenvalue weighted by atomic mass is 9.78. The van der Waals surface area contributed by atoms with Crippen LogP contribution in [-0.2, 0) is 11.3 Å². The number of hydrogen-bond acceptors (Lipinski definition) is 3. The number of ether oxygens (including phenoxy) is 1. The molecule has 21 heavy (non-hydrogen) atoms. The molecular weight excluding hydrogens is 330 g/mol. The van der Waals surface area contributed by atoms with Gasteiger partial charge in [0.25, 0.3) is 0 Å². The van der Waals surface area contributed by atoms with Crippen molar-refractivity contribution >= 4 is 15.9 Å². The first-order valence-corrected chi connectivity index (χ1v) is 8.54. The second-order valence-corrected chi connectivity index (χ2v) is 7.56. The van der Waals surface area contributed by atoms with E-state index in [1.807, 2.05) is 6.20 Å². The molecule has 0 saturated heterocycles. The zero-order valence-electron chi connectivity index (χ0n) is 14.2. The lowest BCUT2D eigenvalue weighted by Crippen LogP contribution is -2.29. The van der Waals surface area contributed by atoms with Gasteiger partial charge in [-0.2, -0.15) is 5.10 Å². The van der Waals surface area contributed by atoms with Gasteiger partial charge < -0.3 is 10.1 Å². The van der Waals surface area contributed by atoms with E-state index in [0.29, 0.717) is 24.0 Å². The number of nitrogens with one attached hydrogen (secondary N) is 1. The Balaban J connectivity index is 2.97. The third-order valence-electron chi connectivity index (χ3n) is 4.19. The van der Waals surface area contributed by atoms with E-state index in [1.54, 1.807) is 7.11 Å². The highest BCUT2D eigenvalue weighted by atomic mass is 79.9. The largest absolute Gasteiger partial charge is 0.383 e. The Labute approximate surface area is 137 Å². The maximum Gasteiger partial charge on any atom is 0.0696 e. The standard InChI is InChI=1S/C16H30BrN3O/c1-7-18-14(10-12(2)16(3,4)5)15-13(17)11-19-20(15)8-9-21-6/h11-12,14,18H,7-10H2,1-6H3. The SMILES string of the molecule is CCNC(CC(C)C(C)(C)C)c1c(Br)cnn1CCOC. The molecule has 0 aromatic carbocycles. The first-order chi connectivity index (χ1) is 9.81. The van der Waals surface area contributed by atoms with Crippen LogP contribution < -0.4 is 5.32 Å². The van der Waals surface area contributed by atoms with Gasteiger partial charge in [-0.05, 0) is 40.2 Å². The van der Waals surface area contributed by atoms with E-state index in [2.05, 4.69) is 65.6 Å². The molecule has 1 heterocycles. The molecule has 5 heteroatoms. The minimum absolute atomic E-state index is 0.303. The molecule has 0 fully saturated rings. The fraction of sp³-hybridized carbons (Fsp3) is 0.812. The molecule has 1 rings (SSSR count). The van der Waals surface area contributed by atoms with Gasteiger partial charge in [0, 0.05) is 7.11 Å². The number of nitrogens with zero attached hydrogens (tertiary/aromatic N) is 2. The van der Waals surface area contributed by atoms with E-state index in [1.165, 1.54) is 5.69 Å². The maximum absolute atomic E-state index is 5.19. The van der Waals surface area contributed by atoms with Crippen LogP contribution in [0.4, 0.5) is 0 Å². The van der Waals surface area contributed by atoms with E-state index in [9.17, 15) is 0 Å². The highest BCUT2D eigenvalue weighted by Crippen LogP contribution is 2.35. The predicted molar refractivity (Wildman–Crippen MR) is 91.5 cm³/mol. The predicted octanol–water partition coefficient (Wildman–Crippen LogP) is 4.01. The van der Waals surface area contributed by atoms with Gasteiger partial charge in [0.2, 0.25) is 0 Å². The molecule has 0 aliphatic heterocycles. The van der Waals surface area contributed by atoms with Crippen LogP contribution in [0.15, 0.2) is 10.7 Å². The second kappa shape index (κ2) is 8.30. The van der Waals surface area contributed by atoms with Gasteiger partial charge >= 0.3 is 0 Å². The van der Waals surface area contributed by atoms with Crippen LogP contribution in [0.2, 0.25) is 0 Å². The van der Waals surface area contributed by atoms with Gasteiger partial charge in [0.15, 0.2) is 0 Å². The summed E-state index contributed by atoms with van der Waals surface area (Å²) in [5, 5.41) is 8.09. The molecular formula is C16H30BrN3O. The fourth-order valence-corrected chi connectivity index (χ4v) is 2.89. The number of methoxy groups -OCH3 is 1. The summed E-state index contributed by atoms with van der Waals surface area (Å²) in [7, 11) is 1.72. The van der Waals surface area contributed by atoms with E-state index < -0.39 is 0 Å².